The van der Waals surface area contributed by atoms with Crippen LogP contribution in [-0.2, 0) is 5.41 Å². The zero-order chi connectivity index (χ0) is 14.0. The van der Waals surface area contributed by atoms with Gasteiger partial charge in [0.2, 0.25) is 5.88 Å². The van der Waals surface area contributed by atoms with Gasteiger partial charge in [-0.15, -0.1) is 0 Å². The Bertz CT molecular complexity index is 555. The van der Waals surface area contributed by atoms with E-state index in [1.54, 1.807) is 18.3 Å². The average molecular weight is 324 g/mol. The summed E-state index contributed by atoms with van der Waals surface area (Å²) >= 11 is 3.22. The molecule has 0 aliphatic carbocycles. The van der Waals surface area contributed by atoms with Crippen molar-refractivity contribution in [1.82, 2.24) is 4.98 Å². The van der Waals surface area contributed by atoms with E-state index >= 15 is 0 Å². The first-order chi connectivity index (χ1) is 8.84. The molecule has 19 heavy (non-hydrogen) atoms. The fraction of sp³-hybridized carbons (Fsp3) is 0.267. The van der Waals surface area contributed by atoms with Gasteiger partial charge in [0.15, 0.2) is 0 Å². The fourth-order valence-corrected chi connectivity index (χ4v) is 2.04. The standard InChI is InChI=1S/C15H15BrFNO/c1-15(2,3)10-4-5-14(18-9-10)19-13-7-11(16)6-12(17)8-13/h4-9H,1-3H3. The van der Waals surface area contributed by atoms with Crippen LogP contribution < -0.4 is 4.74 Å². The van der Waals surface area contributed by atoms with E-state index in [1.807, 2.05) is 6.07 Å². The van der Waals surface area contributed by atoms with Gasteiger partial charge in [-0.25, -0.2) is 9.37 Å². The molecule has 2 nitrogen and oxygen atoms in total. The predicted octanol–water partition coefficient (Wildman–Crippen LogP) is 5.07. The van der Waals surface area contributed by atoms with Gasteiger partial charge in [0.25, 0.3) is 0 Å². The van der Waals surface area contributed by atoms with Crippen molar-refractivity contribution in [3.8, 4) is 11.6 Å². The first-order valence-corrected chi connectivity index (χ1v) is 6.74. The summed E-state index contributed by atoms with van der Waals surface area (Å²) in [6, 6.07) is 8.16. The van der Waals surface area contributed by atoms with Crippen molar-refractivity contribution in [2.75, 3.05) is 0 Å². The van der Waals surface area contributed by atoms with Gasteiger partial charge in [-0.05, 0) is 23.1 Å². The number of benzene rings is 1. The molecule has 0 amide bonds. The van der Waals surface area contributed by atoms with E-state index < -0.39 is 0 Å². The van der Waals surface area contributed by atoms with Crippen LogP contribution in [0, 0.1) is 5.82 Å². The topological polar surface area (TPSA) is 22.1 Å². The minimum Gasteiger partial charge on any atom is -0.439 e. The van der Waals surface area contributed by atoms with E-state index in [4.69, 9.17) is 4.74 Å². The van der Waals surface area contributed by atoms with Crippen molar-refractivity contribution in [2.45, 2.75) is 26.2 Å². The van der Waals surface area contributed by atoms with Gasteiger partial charge < -0.3 is 4.74 Å². The highest BCUT2D eigenvalue weighted by atomic mass is 79.9. The van der Waals surface area contributed by atoms with Crippen molar-refractivity contribution in [2.24, 2.45) is 0 Å². The maximum atomic E-state index is 13.2. The highest BCUT2D eigenvalue weighted by Gasteiger charge is 2.14. The van der Waals surface area contributed by atoms with Crippen LogP contribution in [0.1, 0.15) is 26.3 Å². The highest BCUT2D eigenvalue weighted by molar-refractivity contribution is 9.10. The Morgan fingerprint density at radius 3 is 2.42 bits per heavy atom. The van der Waals surface area contributed by atoms with Gasteiger partial charge in [-0.3, -0.25) is 0 Å². The number of nitrogens with zero attached hydrogens (tertiary/aromatic N) is 1. The monoisotopic (exact) mass is 323 g/mol. The molecule has 0 radical (unpaired) electrons. The molecule has 0 unspecified atom stereocenters. The lowest BCUT2D eigenvalue weighted by Gasteiger charge is -2.18. The molecule has 0 N–H and O–H groups in total. The van der Waals surface area contributed by atoms with Crippen molar-refractivity contribution in [3.05, 3.63) is 52.4 Å². The van der Waals surface area contributed by atoms with Crippen LogP contribution in [0.15, 0.2) is 41.0 Å². The van der Waals surface area contributed by atoms with Crippen LogP contribution in [0.2, 0.25) is 0 Å². The predicted molar refractivity (Wildman–Crippen MR) is 77.1 cm³/mol. The molecule has 0 bridgehead atoms. The van der Waals surface area contributed by atoms with Crippen LogP contribution in [0.3, 0.4) is 0 Å². The Labute approximate surface area is 120 Å². The Morgan fingerprint density at radius 2 is 1.89 bits per heavy atom. The lowest BCUT2D eigenvalue weighted by Crippen LogP contribution is -2.11. The molecular formula is C15H15BrFNO. The highest BCUT2D eigenvalue weighted by Crippen LogP contribution is 2.27. The van der Waals surface area contributed by atoms with E-state index in [1.165, 1.54) is 12.1 Å². The second-order valence-corrected chi connectivity index (χ2v) is 6.26. The maximum Gasteiger partial charge on any atom is 0.219 e. The Hall–Kier alpha value is -1.42. The van der Waals surface area contributed by atoms with E-state index in [0.717, 1.165) is 5.56 Å². The second-order valence-electron chi connectivity index (χ2n) is 5.34. The lowest BCUT2D eigenvalue weighted by atomic mass is 9.88. The summed E-state index contributed by atoms with van der Waals surface area (Å²) in [6.45, 7) is 6.36. The van der Waals surface area contributed by atoms with Crippen molar-refractivity contribution >= 4 is 15.9 Å². The zero-order valence-electron chi connectivity index (χ0n) is 11.1. The summed E-state index contributed by atoms with van der Waals surface area (Å²) in [7, 11) is 0. The summed E-state index contributed by atoms with van der Waals surface area (Å²) < 4.78 is 19.4. The summed E-state index contributed by atoms with van der Waals surface area (Å²) in [6.07, 6.45) is 1.78. The first kappa shape index (κ1) is 14.0. The van der Waals surface area contributed by atoms with Crippen molar-refractivity contribution in [1.29, 1.82) is 0 Å². The molecule has 0 aliphatic rings. The van der Waals surface area contributed by atoms with Crippen molar-refractivity contribution in [3.63, 3.8) is 0 Å². The Balaban J connectivity index is 2.20. The zero-order valence-corrected chi connectivity index (χ0v) is 12.7. The average Bonchev–Trinajstić information content (AvgIpc) is 2.26. The third-order valence-corrected chi connectivity index (χ3v) is 3.12. The van der Waals surface area contributed by atoms with Gasteiger partial charge >= 0.3 is 0 Å². The van der Waals surface area contributed by atoms with E-state index in [-0.39, 0.29) is 11.2 Å². The Morgan fingerprint density at radius 1 is 1.16 bits per heavy atom. The normalized spacial score (nSPS) is 11.4. The minimum absolute atomic E-state index is 0.0490. The minimum atomic E-state index is -0.351. The van der Waals surface area contributed by atoms with Crippen LogP contribution in [-0.4, -0.2) is 4.98 Å². The molecule has 2 aromatic rings. The first-order valence-electron chi connectivity index (χ1n) is 5.95. The number of aromatic nitrogens is 1. The molecule has 0 fully saturated rings. The molecule has 0 saturated carbocycles. The molecule has 2 rings (SSSR count). The molecule has 4 heteroatoms. The molecule has 1 heterocycles. The van der Waals surface area contributed by atoms with Crippen LogP contribution in [0.5, 0.6) is 11.6 Å². The number of ether oxygens (including phenoxy) is 1. The van der Waals surface area contributed by atoms with Gasteiger partial charge in [-0.2, -0.15) is 0 Å². The molecule has 0 aliphatic heterocycles. The quantitative estimate of drug-likeness (QED) is 0.769. The number of hydrogen-bond acceptors (Lipinski definition) is 2. The third kappa shape index (κ3) is 3.77. The number of halogens is 2. The summed E-state index contributed by atoms with van der Waals surface area (Å²) in [5.74, 6) is 0.518. The van der Waals surface area contributed by atoms with Crippen LogP contribution >= 0.6 is 15.9 Å². The molecule has 1 aromatic heterocycles. The smallest absolute Gasteiger partial charge is 0.219 e. The molecular weight excluding hydrogens is 309 g/mol. The largest absolute Gasteiger partial charge is 0.439 e. The number of pyridine rings is 1. The second kappa shape index (κ2) is 5.29. The maximum absolute atomic E-state index is 13.2. The molecule has 0 spiro atoms. The number of rotatable bonds is 2. The van der Waals surface area contributed by atoms with Crippen LogP contribution in [0.25, 0.3) is 0 Å². The Kier molecular flexibility index (Phi) is 3.90. The van der Waals surface area contributed by atoms with Gasteiger partial charge in [-0.1, -0.05) is 42.8 Å². The lowest BCUT2D eigenvalue weighted by molar-refractivity contribution is 0.455. The van der Waals surface area contributed by atoms with Crippen LogP contribution in [0.4, 0.5) is 4.39 Å². The summed E-state index contributed by atoms with van der Waals surface area (Å²) in [5, 5.41) is 0. The summed E-state index contributed by atoms with van der Waals surface area (Å²) in [5.41, 5.74) is 1.17. The van der Waals surface area contributed by atoms with Crippen molar-refractivity contribution < 1.29 is 9.13 Å². The number of hydrogen-bond donors (Lipinski definition) is 0. The SMILES string of the molecule is CC(C)(C)c1ccc(Oc2cc(F)cc(Br)c2)nc1. The third-order valence-electron chi connectivity index (χ3n) is 2.66. The molecule has 0 saturated heterocycles. The van der Waals surface area contributed by atoms with Gasteiger partial charge in [0.1, 0.15) is 11.6 Å². The van der Waals surface area contributed by atoms with Gasteiger partial charge in [0, 0.05) is 22.8 Å². The molecule has 100 valence electrons. The van der Waals surface area contributed by atoms with E-state index in [9.17, 15) is 4.39 Å². The summed E-state index contributed by atoms with van der Waals surface area (Å²) in [4.78, 5) is 4.24. The van der Waals surface area contributed by atoms with Gasteiger partial charge in [0.05, 0.1) is 0 Å². The van der Waals surface area contributed by atoms with E-state index in [0.29, 0.717) is 16.1 Å². The van der Waals surface area contributed by atoms with E-state index in [2.05, 4.69) is 41.7 Å². The fourth-order valence-electron chi connectivity index (χ4n) is 1.59. The molecule has 0 atom stereocenters. The molecule has 1 aromatic carbocycles.